The van der Waals surface area contributed by atoms with E-state index in [-0.39, 0.29) is 17.9 Å². The first-order chi connectivity index (χ1) is 11.4. The van der Waals surface area contributed by atoms with E-state index in [1.54, 1.807) is 31.4 Å². The normalized spacial score (nSPS) is 23.9. The van der Waals surface area contributed by atoms with Crippen molar-refractivity contribution in [1.82, 2.24) is 24.7 Å². The second-order valence-electron chi connectivity index (χ2n) is 7.08. The Morgan fingerprint density at radius 1 is 1.17 bits per heavy atom. The summed E-state index contributed by atoms with van der Waals surface area (Å²) in [5, 5.41) is 0. The van der Waals surface area contributed by atoms with Gasteiger partial charge in [0.05, 0.1) is 18.4 Å². The molecule has 0 aliphatic carbocycles. The third kappa shape index (κ3) is 3.56. The highest BCUT2D eigenvalue weighted by molar-refractivity contribution is 5.92. The van der Waals surface area contributed by atoms with Gasteiger partial charge in [0, 0.05) is 46.0 Å². The molecule has 3 aliphatic rings. The van der Waals surface area contributed by atoms with Crippen molar-refractivity contribution in [2.24, 2.45) is 5.92 Å². The molecule has 130 valence electrons. The Morgan fingerprint density at radius 3 is 2.62 bits per heavy atom. The van der Waals surface area contributed by atoms with Crippen molar-refractivity contribution in [2.75, 3.05) is 40.3 Å². The fourth-order valence-corrected chi connectivity index (χ4v) is 3.54. The molecule has 4 heterocycles. The molecule has 7 nitrogen and oxygen atoms in total. The molecule has 2 bridgehead atoms. The molecule has 2 atom stereocenters. The van der Waals surface area contributed by atoms with Gasteiger partial charge in [-0.15, -0.1) is 0 Å². The summed E-state index contributed by atoms with van der Waals surface area (Å²) in [5.41, 5.74) is 1.21. The predicted octanol–water partition coefficient (Wildman–Crippen LogP) is 0.410. The molecule has 7 heteroatoms. The minimum Gasteiger partial charge on any atom is -0.348 e. The van der Waals surface area contributed by atoms with E-state index >= 15 is 0 Å². The third-order valence-electron chi connectivity index (χ3n) is 4.91. The van der Waals surface area contributed by atoms with Gasteiger partial charge in [-0.3, -0.25) is 19.5 Å². The molecule has 4 rings (SSSR count). The van der Waals surface area contributed by atoms with Crippen molar-refractivity contribution in [3.8, 4) is 0 Å². The van der Waals surface area contributed by atoms with Gasteiger partial charge in [-0.05, 0) is 25.7 Å². The summed E-state index contributed by atoms with van der Waals surface area (Å²) >= 11 is 0. The Morgan fingerprint density at radius 2 is 1.96 bits per heavy atom. The van der Waals surface area contributed by atoms with E-state index in [1.807, 2.05) is 11.8 Å². The number of aromatic nitrogens is 2. The van der Waals surface area contributed by atoms with Crippen LogP contribution in [0.3, 0.4) is 0 Å². The van der Waals surface area contributed by atoms with Crippen LogP contribution in [0.4, 0.5) is 0 Å². The topological polar surface area (TPSA) is 69.6 Å². The van der Waals surface area contributed by atoms with Gasteiger partial charge < -0.3 is 9.80 Å². The van der Waals surface area contributed by atoms with Gasteiger partial charge in [0.25, 0.3) is 5.91 Å². The molecule has 3 saturated heterocycles. The number of nitrogens with zero attached hydrogens (tertiary/aromatic N) is 5. The van der Waals surface area contributed by atoms with E-state index in [0.29, 0.717) is 18.2 Å². The second kappa shape index (κ2) is 6.84. The van der Waals surface area contributed by atoms with Crippen LogP contribution in [0.5, 0.6) is 0 Å². The lowest BCUT2D eigenvalue weighted by Gasteiger charge is -2.36. The quantitative estimate of drug-likeness (QED) is 0.802. The molecular weight excluding hydrogens is 306 g/mol. The largest absolute Gasteiger partial charge is 0.348 e. The Kier molecular flexibility index (Phi) is 4.80. The summed E-state index contributed by atoms with van der Waals surface area (Å²) < 4.78 is 0. The van der Waals surface area contributed by atoms with Crippen LogP contribution in [0.15, 0.2) is 12.4 Å². The Hall–Kier alpha value is -2.02. The Labute approximate surface area is 142 Å². The molecule has 1 aromatic rings. The number of aryl methyl sites for hydroxylation is 1. The van der Waals surface area contributed by atoms with Crippen molar-refractivity contribution < 1.29 is 9.59 Å². The highest BCUT2D eigenvalue weighted by Crippen LogP contribution is 2.28. The lowest BCUT2D eigenvalue weighted by Crippen LogP contribution is -2.48. The van der Waals surface area contributed by atoms with Crippen molar-refractivity contribution >= 4 is 11.8 Å². The first-order valence-electron chi connectivity index (χ1n) is 8.46. The highest BCUT2D eigenvalue weighted by Gasteiger charge is 2.38. The van der Waals surface area contributed by atoms with E-state index in [0.717, 1.165) is 38.2 Å². The summed E-state index contributed by atoms with van der Waals surface area (Å²) in [6, 6.07) is 0.148. The van der Waals surface area contributed by atoms with Crippen molar-refractivity contribution in [3.63, 3.8) is 0 Å². The van der Waals surface area contributed by atoms with Crippen molar-refractivity contribution in [1.29, 1.82) is 0 Å². The summed E-state index contributed by atoms with van der Waals surface area (Å²) in [6.07, 6.45) is 5.29. The number of hydrogen-bond acceptors (Lipinski definition) is 5. The van der Waals surface area contributed by atoms with Gasteiger partial charge in [-0.1, -0.05) is 0 Å². The second-order valence-corrected chi connectivity index (χ2v) is 7.08. The summed E-state index contributed by atoms with van der Waals surface area (Å²) in [5.74, 6) is 0.484. The SMILES string of the molecule is Cc1cnc(C(=O)N2C[C@H]3CC[C@@H]2CN(CC(=O)N(C)C)C3)cn1. The molecule has 3 fully saturated rings. The molecule has 24 heavy (non-hydrogen) atoms. The first-order valence-corrected chi connectivity index (χ1v) is 8.46. The molecule has 0 aromatic carbocycles. The number of carbonyl (C=O) groups excluding carboxylic acids is 2. The van der Waals surface area contributed by atoms with Crippen LogP contribution in [-0.4, -0.2) is 82.8 Å². The molecule has 0 radical (unpaired) electrons. The standard InChI is InChI=1S/C17H25N5O2/c1-12-6-19-15(7-18-12)17(24)22-9-13-4-5-14(22)10-21(8-13)11-16(23)20(2)3/h6-7,13-14H,4-5,8-11H2,1-3H3/t13-,14+/m0/s1. The molecule has 3 aliphatic heterocycles. The predicted molar refractivity (Wildman–Crippen MR) is 89.5 cm³/mol. The molecule has 0 N–H and O–H groups in total. The molecule has 0 unspecified atom stereocenters. The number of hydrogen-bond donors (Lipinski definition) is 0. The van der Waals surface area contributed by atoms with Crippen LogP contribution < -0.4 is 0 Å². The molecule has 0 saturated carbocycles. The van der Waals surface area contributed by atoms with Gasteiger partial charge in [-0.25, -0.2) is 4.98 Å². The number of piperidine rings is 1. The van der Waals surface area contributed by atoms with Crippen LogP contribution in [-0.2, 0) is 4.79 Å². The zero-order chi connectivity index (χ0) is 17.3. The van der Waals surface area contributed by atoms with Crippen LogP contribution >= 0.6 is 0 Å². The maximum atomic E-state index is 12.8. The number of likely N-dealkylation sites (N-methyl/N-ethyl adjacent to an activating group) is 1. The smallest absolute Gasteiger partial charge is 0.274 e. The molecule has 0 spiro atoms. The average Bonchev–Trinajstić information content (AvgIpc) is 2.85. The van der Waals surface area contributed by atoms with Crippen LogP contribution in [0, 0.1) is 12.8 Å². The van der Waals surface area contributed by atoms with Gasteiger partial charge in [0.15, 0.2) is 0 Å². The summed E-state index contributed by atoms with van der Waals surface area (Å²) in [4.78, 5) is 39.0. The Balaban J connectivity index is 1.72. The highest BCUT2D eigenvalue weighted by atomic mass is 16.2. The number of carbonyl (C=O) groups is 2. The minimum absolute atomic E-state index is 0.0435. The third-order valence-corrected chi connectivity index (χ3v) is 4.91. The lowest BCUT2D eigenvalue weighted by atomic mass is 9.95. The minimum atomic E-state index is -0.0435. The van der Waals surface area contributed by atoms with Crippen molar-refractivity contribution in [2.45, 2.75) is 25.8 Å². The summed E-state index contributed by atoms with van der Waals surface area (Å²) in [6.45, 7) is 4.65. The fraction of sp³-hybridized carbons (Fsp3) is 0.647. The zero-order valence-electron chi connectivity index (χ0n) is 14.6. The maximum Gasteiger partial charge on any atom is 0.274 e. The van der Waals surface area contributed by atoms with Gasteiger partial charge in [0.2, 0.25) is 5.91 Å². The van der Waals surface area contributed by atoms with E-state index in [1.165, 1.54) is 0 Å². The fourth-order valence-electron chi connectivity index (χ4n) is 3.54. The number of rotatable bonds is 3. The molecule has 1 aromatic heterocycles. The van der Waals surface area contributed by atoms with Crippen molar-refractivity contribution in [3.05, 3.63) is 23.8 Å². The van der Waals surface area contributed by atoms with E-state index in [4.69, 9.17) is 0 Å². The van der Waals surface area contributed by atoms with Crippen LogP contribution in [0.25, 0.3) is 0 Å². The number of amides is 2. The van der Waals surface area contributed by atoms with Gasteiger partial charge in [0.1, 0.15) is 5.69 Å². The lowest BCUT2D eigenvalue weighted by molar-refractivity contribution is -0.129. The van der Waals surface area contributed by atoms with Crippen LogP contribution in [0.1, 0.15) is 29.0 Å². The average molecular weight is 331 g/mol. The maximum absolute atomic E-state index is 12.8. The summed E-state index contributed by atoms with van der Waals surface area (Å²) in [7, 11) is 3.56. The van der Waals surface area contributed by atoms with E-state index < -0.39 is 0 Å². The van der Waals surface area contributed by atoms with Crippen LogP contribution in [0.2, 0.25) is 0 Å². The zero-order valence-corrected chi connectivity index (χ0v) is 14.6. The Bertz CT molecular complexity index is 616. The van der Waals surface area contributed by atoms with E-state index in [9.17, 15) is 9.59 Å². The first kappa shape index (κ1) is 16.8. The van der Waals surface area contributed by atoms with Gasteiger partial charge in [-0.2, -0.15) is 0 Å². The monoisotopic (exact) mass is 331 g/mol. The molecular formula is C17H25N5O2. The van der Waals surface area contributed by atoms with E-state index in [2.05, 4.69) is 14.9 Å². The van der Waals surface area contributed by atoms with Gasteiger partial charge >= 0.3 is 0 Å². The molecule has 2 amide bonds. The number of fused-ring (bicyclic) bond motifs is 4.